The summed E-state index contributed by atoms with van der Waals surface area (Å²) < 4.78 is 9.68. The molecule has 2 aromatic heterocycles. The number of aromatic nitrogens is 2. The molecular weight excluding hydrogens is 745 g/mol. The summed E-state index contributed by atoms with van der Waals surface area (Å²) in [5.41, 5.74) is 4.80. The Balaban J connectivity index is 0.000000211. The Morgan fingerprint density at radius 2 is 1.20 bits per heavy atom. The van der Waals surface area contributed by atoms with Crippen molar-refractivity contribution in [1.29, 1.82) is 0 Å². The molecule has 0 spiro atoms. The van der Waals surface area contributed by atoms with Crippen LogP contribution in [0.15, 0.2) is 85.2 Å². The van der Waals surface area contributed by atoms with E-state index in [-0.39, 0.29) is 41.1 Å². The molecule has 13 nitrogen and oxygen atoms in total. The van der Waals surface area contributed by atoms with Crippen LogP contribution in [0, 0.1) is 0 Å². The topological polar surface area (TPSA) is 191 Å². The van der Waals surface area contributed by atoms with Crippen LogP contribution >= 0.6 is 23.5 Å². The lowest BCUT2D eigenvalue weighted by Gasteiger charge is -2.18. The molecule has 4 heterocycles. The van der Waals surface area contributed by atoms with Gasteiger partial charge >= 0.3 is 5.97 Å². The number of amides is 4. The molecule has 2 fully saturated rings. The molecule has 2 saturated heterocycles. The maximum atomic E-state index is 12.2. The summed E-state index contributed by atoms with van der Waals surface area (Å²) in [4.78, 5) is 77.8. The van der Waals surface area contributed by atoms with Gasteiger partial charge in [0.1, 0.15) is 26.7 Å². The number of ether oxygens (including phenoxy) is 2. The van der Waals surface area contributed by atoms with Crippen LogP contribution in [0.5, 0.6) is 11.5 Å². The number of pyridine rings is 2. The second-order valence-corrected chi connectivity index (χ2v) is 16.2. The number of hydrogen-bond acceptors (Lipinski definition) is 12. The summed E-state index contributed by atoms with van der Waals surface area (Å²) in [6, 6.07) is 21.8. The molecular formula is C40H40N4O9S2. The van der Waals surface area contributed by atoms with Crippen molar-refractivity contribution < 1.29 is 43.3 Å². The van der Waals surface area contributed by atoms with Gasteiger partial charge in [-0.25, -0.2) is 0 Å². The zero-order valence-electron chi connectivity index (χ0n) is 30.5. The molecule has 6 rings (SSSR count). The first-order valence-electron chi connectivity index (χ1n) is 17.4. The second kappa shape index (κ2) is 18.2. The highest BCUT2D eigenvalue weighted by molar-refractivity contribution is 8.16. The first kappa shape index (κ1) is 40.6. The molecule has 0 aliphatic carbocycles. The van der Waals surface area contributed by atoms with Crippen LogP contribution in [0.25, 0.3) is 0 Å². The van der Waals surface area contributed by atoms with E-state index in [0.29, 0.717) is 48.6 Å². The highest BCUT2D eigenvalue weighted by Crippen LogP contribution is 2.36. The van der Waals surface area contributed by atoms with E-state index < -0.39 is 15.5 Å². The fourth-order valence-corrected chi connectivity index (χ4v) is 7.47. The Bertz CT molecular complexity index is 2040. The maximum Gasteiger partial charge on any atom is 0.307 e. The van der Waals surface area contributed by atoms with Crippen molar-refractivity contribution in [3.63, 3.8) is 0 Å². The third kappa shape index (κ3) is 11.5. The number of hydrogen-bond donors (Lipinski definition) is 3. The smallest absolute Gasteiger partial charge is 0.307 e. The molecule has 2 unspecified atom stereocenters. The number of carboxylic acid groups (broad SMARTS) is 1. The number of ketones is 1. The Morgan fingerprint density at radius 1 is 0.691 bits per heavy atom. The van der Waals surface area contributed by atoms with Gasteiger partial charge in [-0.15, -0.1) is 0 Å². The molecule has 2 aliphatic rings. The highest BCUT2D eigenvalue weighted by Gasteiger charge is 2.44. The van der Waals surface area contributed by atoms with Gasteiger partial charge in [-0.3, -0.25) is 49.4 Å². The van der Waals surface area contributed by atoms with Crippen LogP contribution in [0.4, 0.5) is 9.59 Å². The molecule has 2 atom stereocenters. The number of benzene rings is 2. The number of aryl methyl sites for hydroxylation is 1. The van der Waals surface area contributed by atoms with E-state index in [0.717, 1.165) is 52.3 Å². The number of aliphatic carboxylic acids is 1. The first-order valence-corrected chi connectivity index (χ1v) is 19.0. The van der Waals surface area contributed by atoms with Crippen molar-refractivity contribution in [1.82, 2.24) is 20.6 Å². The SMILES string of the molecule is CC1(Cc2ccc(OCCc3ccc(CC(=O)O)cn3)cc2)SC(=O)NC1=O.CCc1ccc(C(=O)COc2ccc(CC3(C)SC(=O)NC3=O)cc2)nc1. The Hall–Kier alpha value is -5.54. The fourth-order valence-electron chi connectivity index (χ4n) is 5.60. The number of carbonyl (C=O) groups excluding carboxylic acids is 5. The van der Waals surface area contributed by atoms with Crippen LogP contribution in [-0.4, -0.2) is 71.8 Å². The van der Waals surface area contributed by atoms with Gasteiger partial charge < -0.3 is 14.6 Å². The van der Waals surface area contributed by atoms with Crippen molar-refractivity contribution in [2.24, 2.45) is 0 Å². The first-order chi connectivity index (χ1) is 26.2. The molecule has 0 saturated carbocycles. The van der Waals surface area contributed by atoms with E-state index in [1.807, 2.05) is 49.4 Å². The van der Waals surface area contributed by atoms with Gasteiger partial charge in [0.2, 0.25) is 17.6 Å². The molecule has 4 aromatic rings. The lowest BCUT2D eigenvalue weighted by atomic mass is 9.99. The van der Waals surface area contributed by atoms with Crippen molar-refractivity contribution >= 4 is 57.6 Å². The molecule has 4 amide bonds. The molecule has 0 bridgehead atoms. The summed E-state index contributed by atoms with van der Waals surface area (Å²) in [6.45, 7) is 5.88. The highest BCUT2D eigenvalue weighted by atomic mass is 32.2. The van der Waals surface area contributed by atoms with Gasteiger partial charge in [0.15, 0.2) is 6.61 Å². The number of rotatable bonds is 15. The average molecular weight is 785 g/mol. The maximum absolute atomic E-state index is 12.2. The third-order valence-corrected chi connectivity index (χ3v) is 10.8. The minimum atomic E-state index is -0.880. The Morgan fingerprint density at radius 3 is 1.64 bits per heavy atom. The Labute approximate surface area is 326 Å². The number of imide groups is 2. The number of nitrogens with zero attached hydrogens (tertiary/aromatic N) is 2. The van der Waals surface area contributed by atoms with Gasteiger partial charge in [0.25, 0.3) is 10.5 Å². The minimum absolute atomic E-state index is 0.0382. The van der Waals surface area contributed by atoms with Crippen LogP contribution in [-0.2, 0) is 46.5 Å². The van der Waals surface area contributed by atoms with Crippen LogP contribution < -0.4 is 20.1 Å². The van der Waals surface area contributed by atoms with Gasteiger partial charge in [0, 0.05) is 24.5 Å². The van der Waals surface area contributed by atoms with E-state index in [1.54, 1.807) is 56.6 Å². The van der Waals surface area contributed by atoms with Crippen molar-refractivity contribution in [2.75, 3.05) is 13.2 Å². The summed E-state index contributed by atoms with van der Waals surface area (Å²) >= 11 is 2.03. The lowest BCUT2D eigenvalue weighted by molar-refractivity contribution is -0.136. The van der Waals surface area contributed by atoms with E-state index in [4.69, 9.17) is 14.6 Å². The van der Waals surface area contributed by atoms with Crippen molar-refractivity contribution in [3.05, 3.63) is 119 Å². The number of thioether (sulfide) groups is 2. The van der Waals surface area contributed by atoms with Gasteiger partial charge in [-0.1, -0.05) is 43.3 Å². The van der Waals surface area contributed by atoms with E-state index >= 15 is 0 Å². The van der Waals surface area contributed by atoms with E-state index in [2.05, 4.69) is 20.6 Å². The van der Waals surface area contributed by atoms with Crippen LogP contribution in [0.3, 0.4) is 0 Å². The average Bonchev–Trinajstić information content (AvgIpc) is 3.57. The van der Waals surface area contributed by atoms with Gasteiger partial charge in [0.05, 0.1) is 13.0 Å². The summed E-state index contributed by atoms with van der Waals surface area (Å²) in [7, 11) is 0. The van der Waals surface area contributed by atoms with Crippen LogP contribution in [0.1, 0.15) is 59.2 Å². The summed E-state index contributed by atoms with van der Waals surface area (Å²) in [5, 5.41) is 12.8. The third-order valence-electron chi connectivity index (χ3n) is 8.71. The van der Waals surface area contributed by atoms with Crippen molar-refractivity contribution in [2.45, 2.75) is 62.4 Å². The van der Waals surface area contributed by atoms with Gasteiger partial charge in [-0.2, -0.15) is 0 Å². The quantitative estimate of drug-likeness (QED) is 0.123. The molecule has 55 heavy (non-hydrogen) atoms. The monoisotopic (exact) mass is 784 g/mol. The zero-order valence-corrected chi connectivity index (χ0v) is 32.1. The number of carbonyl (C=O) groups is 6. The predicted octanol–water partition coefficient (Wildman–Crippen LogP) is 5.80. The Kier molecular flexibility index (Phi) is 13.4. The van der Waals surface area contributed by atoms with Gasteiger partial charge in [-0.05, 0) is 115 Å². The van der Waals surface area contributed by atoms with Crippen molar-refractivity contribution in [3.8, 4) is 11.5 Å². The summed E-state index contributed by atoms with van der Waals surface area (Å²) in [5.74, 6) is -0.339. The molecule has 286 valence electrons. The molecule has 0 radical (unpaired) electrons. The minimum Gasteiger partial charge on any atom is -0.493 e. The molecule has 15 heteroatoms. The lowest BCUT2D eigenvalue weighted by Crippen LogP contribution is -2.35. The van der Waals surface area contributed by atoms with E-state index in [1.165, 1.54) is 0 Å². The number of carboxylic acids is 1. The zero-order chi connectivity index (χ0) is 39.6. The largest absolute Gasteiger partial charge is 0.493 e. The predicted molar refractivity (Wildman–Crippen MR) is 208 cm³/mol. The normalized spacial score (nSPS) is 18.9. The second-order valence-electron chi connectivity index (χ2n) is 13.2. The number of Topliss-reactive ketones (excluding diaryl/α,β-unsaturated/α-hetero) is 1. The summed E-state index contributed by atoms with van der Waals surface area (Å²) in [6.07, 6.45) is 5.60. The number of nitrogens with one attached hydrogen (secondary N) is 2. The standard InChI is InChI=1S/C20H20N2O5S.C20H20N2O4S/c1-20(18(25)22-19(26)28-20)11-13-3-6-16(7-4-13)27-9-8-15-5-2-14(12-21-15)10-17(23)24;1-3-13-6-9-16(21-11-13)17(23)12-26-15-7-4-14(5-8-15)10-20(2)18(24)22-19(25)27-20/h2-7,12H,8-11H2,1H3,(H,23,24)(H,22,25,26);4-9,11H,3,10,12H2,1-2H3,(H,22,24,25). The van der Waals surface area contributed by atoms with E-state index in [9.17, 15) is 28.8 Å². The molecule has 3 N–H and O–H groups in total. The fraction of sp³-hybridized carbons (Fsp3) is 0.300. The molecule has 2 aliphatic heterocycles. The molecule has 2 aromatic carbocycles. The van der Waals surface area contributed by atoms with Crippen LogP contribution in [0.2, 0.25) is 0 Å².